The molecule has 0 fully saturated rings. The van der Waals surface area contributed by atoms with Crippen molar-refractivity contribution in [3.63, 3.8) is 0 Å². The molecular formula is C9H10N4O2. The van der Waals surface area contributed by atoms with Gasteiger partial charge in [0, 0.05) is 12.1 Å². The molecule has 0 saturated heterocycles. The molecule has 15 heavy (non-hydrogen) atoms. The fourth-order valence-electron chi connectivity index (χ4n) is 1.26. The van der Waals surface area contributed by atoms with E-state index in [4.69, 9.17) is 0 Å². The first-order valence-electron chi connectivity index (χ1n) is 4.59. The van der Waals surface area contributed by atoms with E-state index in [1.54, 1.807) is 10.9 Å². The van der Waals surface area contributed by atoms with E-state index in [-0.39, 0.29) is 11.7 Å². The zero-order valence-corrected chi connectivity index (χ0v) is 8.41. The van der Waals surface area contributed by atoms with Crippen LogP contribution in [-0.2, 0) is 0 Å². The Morgan fingerprint density at radius 2 is 2.00 bits per heavy atom. The highest BCUT2D eigenvalue weighted by Gasteiger charge is 2.10. The minimum atomic E-state index is -0.437. The van der Waals surface area contributed by atoms with Gasteiger partial charge in [0.05, 0.1) is 11.0 Å². The molecule has 6 nitrogen and oxygen atoms in total. The third-order valence-electron chi connectivity index (χ3n) is 2.05. The number of nitro benzene ring substituents is 1. The molecule has 0 N–H and O–H groups in total. The van der Waals surface area contributed by atoms with Crippen LogP contribution in [-0.4, -0.2) is 19.9 Å². The lowest BCUT2D eigenvalue weighted by Gasteiger charge is -1.99. The summed E-state index contributed by atoms with van der Waals surface area (Å²) in [5.74, 6) is 0. The lowest BCUT2D eigenvalue weighted by atomic mass is 10.3. The predicted molar refractivity (Wildman–Crippen MR) is 54.6 cm³/mol. The smallest absolute Gasteiger partial charge is 0.258 e. The second-order valence-corrected chi connectivity index (χ2v) is 3.54. The zero-order valence-electron chi connectivity index (χ0n) is 8.41. The topological polar surface area (TPSA) is 73.8 Å². The summed E-state index contributed by atoms with van der Waals surface area (Å²) >= 11 is 0. The van der Waals surface area contributed by atoms with Gasteiger partial charge in [0.15, 0.2) is 0 Å². The Labute approximate surface area is 85.7 Å². The number of nitro groups is 1. The van der Waals surface area contributed by atoms with Crippen molar-refractivity contribution in [2.75, 3.05) is 0 Å². The minimum Gasteiger partial charge on any atom is -0.258 e. The van der Waals surface area contributed by atoms with E-state index in [1.807, 2.05) is 13.8 Å². The molecule has 0 aliphatic rings. The quantitative estimate of drug-likeness (QED) is 0.555. The van der Waals surface area contributed by atoms with E-state index < -0.39 is 4.92 Å². The fourth-order valence-corrected chi connectivity index (χ4v) is 1.26. The Morgan fingerprint density at radius 1 is 1.33 bits per heavy atom. The van der Waals surface area contributed by atoms with Gasteiger partial charge in [0.1, 0.15) is 11.0 Å². The first kappa shape index (κ1) is 9.57. The van der Waals surface area contributed by atoms with E-state index in [1.165, 1.54) is 12.1 Å². The standard InChI is InChI=1S/C9H10N4O2/c1-6(2)12-10-8-4-3-7(13(14)15)5-9(8)11-12/h3-6H,1-2H3. The Hall–Kier alpha value is -1.98. The van der Waals surface area contributed by atoms with Crippen molar-refractivity contribution in [2.24, 2.45) is 0 Å². The van der Waals surface area contributed by atoms with Crippen molar-refractivity contribution in [2.45, 2.75) is 19.9 Å². The lowest BCUT2D eigenvalue weighted by molar-refractivity contribution is -0.384. The Morgan fingerprint density at radius 3 is 2.60 bits per heavy atom. The van der Waals surface area contributed by atoms with E-state index in [9.17, 15) is 10.1 Å². The summed E-state index contributed by atoms with van der Waals surface area (Å²) in [6, 6.07) is 4.62. The second kappa shape index (κ2) is 3.30. The van der Waals surface area contributed by atoms with Crippen LogP contribution in [0.2, 0.25) is 0 Å². The summed E-state index contributed by atoms with van der Waals surface area (Å²) in [6.07, 6.45) is 0. The average Bonchev–Trinajstić information content (AvgIpc) is 2.59. The highest BCUT2D eigenvalue weighted by atomic mass is 16.6. The van der Waals surface area contributed by atoms with Gasteiger partial charge in [-0.1, -0.05) is 0 Å². The second-order valence-electron chi connectivity index (χ2n) is 3.54. The van der Waals surface area contributed by atoms with E-state index in [2.05, 4.69) is 10.2 Å². The maximum atomic E-state index is 10.5. The first-order chi connectivity index (χ1) is 7.08. The molecule has 0 amide bonds. The monoisotopic (exact) mass is 206 g/mol. The molecule has 2 aromatic rings. The summed E-state index contributed by atoms with van der Waals surface area (Å²) in [7, 11) is 0. The molecule has 0 aliphatic heterocycles. The molecule has 0 unspecified atom stereocenters. The third-order valence-corrected chi connectivity index (χ3v) is 2.05. The Bertz CT molecular complexity index is 518. The van der Waals surface area contributed by atoms with Crippen molar-refractivity contribution in [3.05, 3.63) is 28.3 Å². The molecule has 0 saturated carbocycles. The third kappa shape index (κ3) is 1.65. The van der Waals surface area contributed by atoms with Crippen molar-refractivity contribution in [3.8, 4) is 0 Å². The number of hydrogen-bond acceptors (Lipinski definition) is 4. The molecule has 6 heteroatoms. The summed E-state index contributed by atoms with van der Waals surface area (Å²) in [5, 5.41) is 18.9. The normalized spacial score (nSPS) is 11.1. The number of benzene rings is 1. The highest BCUT2D eigenvalue weighted by Crippen LogP contribution is 2.18. The molecule has 0 radical (unpaired) electrons. The van der Waals surface area contributed by atoms with Crippen LogP contribution < -0.4 is 0 Å². The maximum Gasteiger partial charge on any atom is 0.271 e. The molecule has 2 rings (SSSR count). The van der Waals surface area contributed by atoms with Crippen LogP contribution in [0, 0.1) is 10.1 Å². The summed E-state index contributed by atoms with van der Waals surface area (Å²) in [4.78, 5) is 11.6. The molecule has 1 aromatic carbocycles. The van der Waals surface area contributed by atoms with Crippen LogP contribution in [0.15, 0.2) is 18.2 Å². The first-order valence-corrected chi connectivity index (χ1v) is 4.59. The van der Waals surface area contributed by atoms with Gasteiger partial charge in [0.25, 0.3) is 5.69 Å². The summed E-state index contributed by atoms with van der Waals surface area (Å²) < 4.78 is 0. The van der Waals surface area contributed by atoms with Crippen LogP contribution in [0.1, 0.15) is 19.9 Å². The fraction of sp³-hybridized carbons (Fsp3) is 0.333. The molecule has 0 atom stereocenters. The minimum absolute atomic E-state index is 0.0401. The van der Waals surface area contributed by atoms with E-state index >= 15 is 0 Å². The SMILES string of the molecule is CC(C)n1nc2ccc([N+](=O)[O-])cc2n1. The van der Waals surface area contributed by atoms with Gasteiger partial charge in [-0.05, 0) is 19.9 Å². The summed E-state index contributed by atoms with van der Waals surface area (Å²) in [6.45, 7) is 3.90. The number of non-ortho nitro benzene ring substituents is 1. The lowest BCUT2D eigenvalue weighted by Crippen LogP contribution is -2.04. The maximum absolute atomic E-state index is 10.5. The van der Waals surface area contributed by atoms with Gasteiger partial charge < -0.3 is 0 Å². The van der Waals surface area contributed by atoms with Gasteiger partial charge >= 0.3 is 0 Å². The predicted octanol–water partition coefficient (Wildman–Crippen LogP) is 1.92. The highest BCUT2D eigenvalue weighted by molar-refractivity contribution is 5.76. The van der Waals surface area contributed by atoms with Crippen LogP contribution in [0.4, 0.5) is 5.69 Å². The van der Waals surface area contributed by atoms with E-state index in [0.29, 0.717) is 11.0 Å². The van der Waals surface area contributed by atoms with Crippen LogP contribution in [0.3, 0.4) is 0 Å². The van der Waals surface area contributed by atoms with Gasteiger partial charge in [-0.15, -0.1) is 0 Å². The van der Waals surface area contributed by atoms with Gasteiger partial charge in [-0.3, -0.25) is 10.1 Å². The molecule has 0 aliphatic carbocycles. The molecule has 0 bridgehead atoms. The molecule has 1 aromatic heterocycles. The molecule has 78 valence electrons. The van der Waals surface area contributed by atoms with Crippen molar-refractivity contribution < 1.29 is 4.92 Å². The summed E-state index contributed by atoms with van der Waals surface area (Å²) in [5.41, 5.74) is 1.27. The largest absolute Gasteiger partial charge is 0.271 e. The zero-order chi connectivity index (χ0) is 11.0. The van der Waals surface area contributed by atoms with Gasteiger partial charge in [0.2, 0.25) is 0 Å². The average molecular weight is 206 g/mol. The Kier molecular flexibility index (Phi) is 2.11. The van der Waals surface area contributed by atoms with Crippen LogP contribution >= 0.6 is 0 Å². The number of nitrogens with zero attached hydrogens (tertiary/aromatic N) is 4. The van der Waals surface area contributed by atoms with Gasteiger partial charge in [-0.2, -0.15) is 15.0 Å². The number of hydrogen-bond donors (Lipinski definition) is 0. The van der Waals surface area contributed by atoms with Crippen molar-refractivity contribution >= 4 is 16.7 Å². The number of aromatic nitrogens is 3. The Balaban J connectivity index is 2.57. The molecular weight excluding hydrogens is 196 g/mol. The van der Waals surface area contributed by atoms with Crippen molar-refractivity contribution in [1.29, 1.82) is 0 Å². The van der Waals surface area contributed by atoms with E-state index in [0.717, 1.165) is 0 Å². The molecule has 1 heterocycles. The van der Waals surface area contributed by atoms with Crippen LogP contribution in [0.25, 0.3) is 11.0 Å². The number of fused-ring (bicyclic) bond motifs is 1. The van der Waals surface area contributed by atoms with Crippen molar-refractivity contribution in [1.82, 2.24) is 15.0 Å². The van der Waals surface area contributed by atoms with Gasteiger partial charge in [-0.25, -0.2) is 0 Å². The number of rotatable bonds is 2. The molecule has 0 spiro atoms. The van der Waals surface area contributed by atoms with Crippen LogP contribution in [0.5, 0.6) is 0 Å².